The summed E-state index contributed by atoms with van der Waals surface area (Å²) in [6.07, 6.45) is 0. The van der Waals surface area contributed by atoms with Gasteiger partial charge in [-0.3, -0.25) is 4.79 Å². The fraction of sp³-hybridized carbons (Fsp3) is 0.273. The van der Waals surface area contributed by atoms with Crippen molar-refractivity contribution in [2.45, 2.75) is 6.92 Å². The van der Waals surface area contributed by atoms with Crippen LogP contribution < -0.4 is 5.73 Å². The van der Waals surface area contributed by atoms with E-state index >= 15 is 0 Å². The average Bonchev–Trinajstić information content (AvgIpc) is 2.23. The summed E-state index contributed by atoms with van der Waals surface area (Å²) in [4.78, 5) is 14.1. The van der Waals surface area contributed by atoms with Crippen molar-refractivity contribution in [1.29, 1.82) is 0 Å². The van der Waals surface area contributed by atoms with Gasteiger partial charge >= 0.3 is 0 Å². The van der Waals surface area contributed by atoms with Gasteiger partial charge in [-0.05, 0) is 25.1 Å². The summed E-state index contributed by atoms with van der Waals surface area (Å²) >= 11 is 11.5. The molecule has 0 heterocycles. The largest absolute Gasteiger partial charge is 0.392 e. The molecule has 3 nitrogen and oxygen atoms in total. The Balaban J connectivity index is 2.97. The lowest BCUT2D eigenvalue weighted by atomic mass is 10.2. The van der Waals surface area contributed by atoms with Gasteiger partial charge in [0.1, 0.15) is 0 Å². The van der Waals surface area contributed by atoms with E-state index in [4.69, 9.17) is 18.0 Å². The highest BCUT2D eigenvalue weighted by molar-refractivity contribution is 9.11. The Labute approximate surface area is 123 Å². The lowest BCUT2D eigenvalue weighted by Gasteiger charge is -2.20. The van der Waals surface area contributed by atoms with E-state index in [1.807, 2.05) is 13.0 Å². The van der Waals surface area contributed by atoms with E-state index in [1.54, 1.807) is 17.0 Å². The molecule has 2 N–H and O–H groups in total. The molecule has 6 heteroatoms. The molecule has 1 aromatic rings. The van der Waals surface area contributed by atoms with Gasteiger partial charge in [0.25, 0.3) is 5.91 Å². The lowest BCUT2D eigenvalue weighted by molar-refractivity contribution is 0.0787. The van der Waals surface area contributed by atoms with E-state index in [1.165, 1.54) is 0 Å². The Morgan fingerprint density at radius 2 is 1.88 bits per heavy atom. The Morgan fingerprint density at radius 1 is 1.35 bits per heavy atom. The first-order valence-corrected chi connectivity index (χ1v) is 6.97. The number of hydrogen-bond donors (Lipinski definition) is 1. The van der Waals surface area contributed by atoms with Crippen molar-refractivity contribution >= 4 is 55.0 Å². The lowest BCUT2D eigenvalue weighted by Crippen LogP contribution is -2.37. The molecule has 0 radical (unpaired) electrons. The van der Waals surface area contributed by atoms with Crippen molar-refractivity contribution in [3.63, 3.8) is 0 Å². The molecular weight excluding hydrogens is 368 g/mol. The molecule has 0 atom stereocenters. The van der Waals surface area contributed by atoms with Crippen LogP contribution in [-0.2, 0) is 0 Å². The minimum Gasteiger partial charge on any atom is -0.392 e. The van der Waals surface area contributed by atoms with Gasteiger partial charge in [-0.1, -0.05) is 44.1 Å². The van der Waals surface area contributed by atoms with E-state index in [-0.39, 0.29) is 5.91 Å². The summed E-state index contributed by atoms with van der Waals surface area (Å²) in [5.41, 5.74) is 6.06. The first-order valence-electron chi connectivity index (χ1n) is 4.97. The van der Waals surface area contributed by atoms with Gasteiger partial charge in [0.05, 0.1) is 11.5 Å². The summed E-state index contributed by atoms with van der Waals surface area (Å²) in [7, 11) is 0. The van der Waals surface area contributed by atoms with E-state index in [0.29, 0.717) is 23.6 Å². The minimum atomic E-state index is -0.0812. The zero-order chi connectivity index (χ0) is 13.0. The SMILES string of the molecule is CCN(CC(N)=S)C(=O)c1cc(Br)cc(Br)c1. The maximum atomic E-state index is 12.2. The zero-order valence-electron chi connectivity index (χ0n) is 9.24. The molecule has 0 saturated heterocycles. The van der Waals surface area contributed by atoms with Crippen LogP contribution in [0, 0.1) is 0 Å². The van der Waals surface area contributed by atoms with Gasteiger partial charge in [0.15, 0.2) is 0 Å². The summed E-state index contributed by atoms with van der Waals surface area (Å²) in [6.45, 7) is 2.76. The number of halogens is 2. The Kier molecular flexibility index (Phi) is 5.55. The Hall–Kier alpha value is -0.460. The number of carbonyl (C=O) groups is 1. The topological polar surface area (TPSA) is 46.3 Å². The van der Waals surface area contributed by atoms with Gasteiger partial charge in [0, 0.05) is 21.1 Å². The number of nitrogens with two attached hydrogens (primary N) is 1. The molecule has 0 aliphatic rings. The van der Waals surface area contributed by atoms with Crippen LogP contribution >= 0.6 is 44.1 Å². The first-order chi connectivity index (χ1) is 7.93. The van der Waals surface area contributed by atoms with Crippen molar-refractivity contribution in [3.05, 3.63) is 32.7 Å². The predicted molar refractivity (Wildman–Crippen MR) is 80.2 cm³/mol. The molecule has 1 aromatic carbocycles. The molecule has 1 amide bonds. The Morgan fingerprint density at radius 3 is 2.29 bits per heavy atom. The molecule has 92 valence electrons. The van der Waals surface area contributed by atoms with Gasteiger partial charge in [-0.25, -0.2) is 0 Å². The zero-order valence-corrected chi connectivity index (χ0v) is 13.2. The van der Waals surface area contributed by atoms with E-state index < -0.39 is 0 Å². The van der Waals surface area contributed by atoms with Crippen LogP contribution in [-0.4, -0.2) is 28.9 Å². The summed E-state index contributed by atoms with van der Waals surface area (Å²) < 4.78 is 1.70. The second kappa shape index (κ2) is 6.47. The van der Waals surface area contributed by atoms with Crippen LogP contribution in [0.1, 0.15) is 17.3 Å². The van der Waals surface area contributed by atoms with Crippen molar-refractivity contribution in [1.82, 2.24) is 4.90 Å². The smallest absolute Gasteiger partial charge is 0.254 e. The van der Waals surface area contributed by atoms with Crippen LogP contribution in [0.25, 0.3) is 0 Å². The molecule has 0 spiro atoms. The van der Waals surface area contributed by atoms with Gasteiger partial charge in [0.2, 0.25) is 0 Å². The quantitative estimate of drug-likeness (QED) is 0.818. The highest BCUT2D eigenvalue weighted by Crippen LogP contribution is 2.21. The van der Waals surface area contributed by atoms with Crippen molar-refractivity contribution < 1.29 is 4.79 Å². The highest BCUT2D eigenvalue weighted by atomic mass is 79.9. The normalized spacial score (nSPS) is 10.1. The fourth-order valence-electron chi connectivity index (χ4n) is 1.38. The van der Waals surface area contributed by atoms with Crippen LogP contribution in [0.15, 0.2) is 27.1 Å². The number of carbonyl (C=O) groups excluding carboxylic acids is 1. The third-order valence-electron chi connectivity index (χ3n) is 2.13. The second-order valence-corrected chi connectivity index (χ2v) is 5.80. The standard InChI is InChI=1S/C11H12Br2N2OS/c1-2-15(6-10(14)17)11(16)7-3-8(12)5-9(13)4-7/h3-5H,2,6H2,1H3,(H2,14,17). The maximum absolute atomic E-state index is 12.2. The summed E-state index contributed by atoms with van der Waals surface area (Å²) in [5.74, 6) is -0.0812. The number of rotatable bonds is 4. The number of amides is 1. The van der Waals surface area contributed by atoms with Gasteiger partial charge < -0.3 is 10.6 Å². The van der Waals surface area contributed by atoms with E-state index in [2.05, 4.69) is 31.9 Å². The Bertz CT molecular complexity index is 431. The van der Waals surface area contributed by atoms with Crippen LogP contribution in [0.3, 0.4) is 0 Å². The number of nitrogens with zero attached hydrogens (tertiary/aromatic N) is 1. The van der Waals surface area contributed by atoms with E-state index in [0.717, 1.165) is 8.95 Å². The average molecular weight is 380 g/mol. The maximum Gasteiger partial charge on any atom is 0.254 e. The fourth-order valence-corrected chi connectivity index (χ4v) is 2.82. The van der Waals surface area contributed by atoms with Crippen molar-refractivity contribution in [2.24, 2.45) is 5.73 Å². The molecule has 0 unspecified atom stereocenters. The predicted octanol–water partition coefficient (Wildman–Crippen LogP) is 2.96. The molecular formula is C11H12Br2N2OS. The van der Waals surface area contributed by atoms with Crippen molar-refractivity contribution in [2.75, 3.05) is 13.1 Å². The third-order valence-corrected chi connectivity index (χ3v) is 3.17. The second-order valence-electron chi connectivity index (χ2n) is 3.44. The van der Waals surface area contributed by atoms with Crippen LogP contribution in [0.5, 0.6) is 0 Å². The molecule has 0 saturated carbocycles. The molecule has 17 heavy (non-hydrogen) atoms. The minimum absolute atomic E-state index is 0.0812. The molecule has 0 aliphatic carbocycles. The number of thiocarbonyl (C=S) groups is 1. The number of benzene rings is 1. The molecule has 0 bridgehead atoms. The van der Waals surface area contributed by atoms with Crippen LogP contribution in [0.4, 0.5) is 0 Å². The number of likely N-dealkylation sites (N-methyl/N-ethyl adjacent to an activating group) is 1. The van der Waals surface area contributed by atoms with Gasteiger partial charge in [-0.15, -0.1) is 0 Å². The van der Waals surface area contributed by atoms with Crippen LogP contribution in [0.2, 0.25) is 0 Å². The van der Waals surface area contributed by atoms with Crippen molar-refractivity contribution in [3.8, 4) is 0 Å². The number of hydrogen-bond acceptors (Lipinski definition) is 2. The summed E-state index contributed by atoms with van der Waals surface area (Å²) in [6, 6.07) is 5.42. The molecule has 0 aromatic heterocycles. The van der Waals surface area contributed by atoms with Gasteiger partial charge in [-0.2, -0.15) is 0 Å². The molecule has 0 fully saturated rings. The molecule has 0 aliphatic heterocycles. The first kappa shape index (κ1) is 14.6. The highest BCUT2D eigenvalue weighted by Gasteiger charge is 2.15. The monoisotopic (exact) mass is 378 g/mol. The third kappa shape index (κ3) is 4.37. The van der Waals surface area contributed by atoms with E-state index in [9.17, 15) is 4.79 Å². The summed E-state index contributed by atoms with van der Waals surface area (Å²) in [5, 5.41) is 0. The molecule has 1 rings (SSSR count).